The first kappa shape index (κ1) is 80.4. The van der Waals surface area contributed by atoms with E-state index in [4.69, 9.17) is 0 Å². The Kier molecular flexibility index (Phi) is 27.3. The number of nitrogens with one attached hydrogen (secondary N) is 8. The molecular weight excluding hydrogens is 1290 g/mol. The summed E-state index contributed by atoms with van der Waals surface area (Å²) in [6.45, 7) is 32.3. The number of hydrazone groups is 4. The van der Waals surface area contributed by atoms with Crippen LogP contribution in [-0.4, -0.2) is 137 Å². The van der Waals surface area contributed by atoms with Gasteiger partial charge in [-0.2, -0.15) is 20.4 Å². The van der Waals surface area contributed by atoms with Gasteiger partial charge in [-0.15, -0.1) is 0 Å². The highest BCUT2D eigenvalue weighted by Crippen LogP contribution is 2.56. The van der Waals surface area contributed by atoms with Gasteiger partial charge >= 0.3 is 0 Å². The van der Waals surface area contributed by atoms with Crippen molar-refractivity contribution < 1.29 is 79.2 Å². The van der Waals surface area contributed by atoms with Crippen LogP contribution in [0.3, 0.4) is 0 Å². The number of benzene rings is 4. The molecule has 0 saturated heterocycles. The first-order chi connectivity index (χ1) is 46.6. The van der Waals surface area contributed by atoms with Gasteiger partial charge in [0.15, 0.2) is 0 Å². The second-order valence-corrected chi connectivity index (χ2v) is 28.2. The maximum atomic E-state index is 13.7. The number of carbonyl (C=O) groups is 8. The minimum atomic E-state index is -1.25. The van der Waals surface area contributed by atoms with E-state index in [-0.39, 0.29) is 44.5 Å². The van der Waals surface area contributed by atoms with E-state index in [1.165, 1.54) is 52.0 Å². The molecule has 4 aromatic rings. The summed E-state index contributed by atoms with van der Waals surface area (Å²) in [5, 5.41) is 131. The standard InChI is InChI=1S/C72H100N12O16/c1-29(2)53-41-21-43(63(91)49(61(41)89)25-73-81-69(97)57(33(9)10)77-37(17)85)54(30(3)4)45-23-47(67(95)51(65(45)93)27-75-83-71(99)59(35(13)14)79-39(19)87)56(32(7)8)48-24-46(66(94)52(68(48)96)28-76-84-72(100)60(36(15)16)80-40(20)88)55(31(5)6)44-22-42(53)62(90)50(64(44)92)26-74-82-70(98)58(34(11)12)78-38(18)86/h21-36,53-60,89-96H,1-20H3,(H,77,85)(H,78,86)(H,79,87)(H,80,88)(H,81,97)(H,82,98)(H,83,99)(H,84,100)/b73-25+,74-26+,75-27+,76-28+/t53?,54?,55?,56?,57-,58-,59-,60-/m0/s1. The van der Waals surface area contributed by atoms with Crippen LogP contribution in [0.25, 0.3) is 0 Å². The van der Waals surface area contributed by atoms with E-state index in [0.29, 0.717) is 0 Å². The highest BCUT2D eigenvalue weighted by Gasteiger charge is 2.40. The van der Waals surface area contributed by atoms with Gasteiger partial charge in [-0.25, -0.2) is 21.7 Å². The summed E-state index contributed by atoms with van der Waals surface area (Å²) in [7, 11) is 0. The van der Waals surface area contributed by atoms with Crippen molar-refractivity contribution >= 4 is 72.1 Å². The number of phenols is 8. The minimum absolute atomic E-state index is 0.0404. The summed E-state index contributed by atoms with van der Waals surface area (Å²) in [6.07, 6.45) is 3.87. The molecule has 28 heteroatoms. The quantitative estimate of drug-likeness (QED) is 0.0243. The monoisotopic (exact) mass is 1390 g/mol. The molecule has 0 aliphatic heterocycles. The number of hydrogen-bond acceptors (Lipinski definition) is 20. The summed E-state index contributed by atoms with van der Waals surface area (Å²) in [6, 6.07) is 1.39. The molecule has 1 aliphatic rings. The molecule has 1 aliphatic carbocycles. The molecule has 0 unspecified atom stereocenters. The summed E-state index contributed by atoms with van der Waals surface area (Å²) in [5.41, 5.74) is 7.57. The molecule has 100 heavy (non-hydrogen) atoms. The molecular formula is C72H100N12O16. The SMILES string of the molecule is CC(=O)N[C@H](C(=O)N/N=C/c1c(O)c2cc(c1O)C(C(C)C)c1cc(c(O)c(/C=N/NC(=O)[C@@H](NC(C)=O)C(C)C)c1O)C(C(C)C)c1cc(c(O)c(/C=N/NC(=O)[C@@H](NC(C)=O)C(C)C)c1O)C(C(C)C)c1cc(c(O)c(/C=N/NC(=O)[C@@H](NC(C)=O)C(C)C)c1O)C2C(C)C)C(C)C. The van der Waals surface area contributed by atoms with E-state index in [0.717, 1.165) is 24.9 Å². The molecule has 0 radical (unpaired) electrons. The topological polar surface area (TPSA) is 444 Å². The Balaban J connectivity index is 2.16. The van der Waals surface area contributed by atoms with Gasteiger partial charge in [0.25, 0.3) is 23.6 Å². The lowest BCUT2D eigenvalue weighted by Gasteiger charge is -2.33. The summed E-state index contributed by atoms with van der Waals surface area (Å²) < 4.78 is 0. The Morgan fingerprint density at radius 1 is 0.290 bits per heavy atom. The Morgan fingerprint density at radius 2 is 0.430 bits per heavy atom. The molecule has 0 heterocycles. The number of amides is 8. The number of nitrogens with zero attached hydrogens (tertiary/aromatic N) is 4. The fourth-order valence-corrected chi connectivity index (χ4v) is 12.8. The van der Waals surface area contributed by atoms with Gasteiger partial charge < -0.3 is 62.1 Å². The summed E-state index contributed by atoms with van der Waals surface area (Å²) in [5.74, 6) is -20.1. The highest BCUT2D eigenvalue weighted by atomic mass is 16.3. The van der Waals surface area contributed by atoms with Crippen LogP contribution in [0, 0.1) is 47.3 Å². The fourth-order valence-electron chi connectivity index (χ4n) is 12.8. The van der Waals surface area contributed by atoms with Gasteiger partial charge in [0, 0.05) is 95.9 Å². The lowest BCUT2D eigenvalue weighted by Crippen LogP contribution is -2.47. The lowest BCUT2D eigenvalue weighted by atomic mass is 9.71. The third kappa shape index (κ3) is 18.3. The van der Waals surface area contributed by atoms with Gasteiger partial charge in [0.2, 0.25) is 23.6 Å². The van der Waals surface area contributed by atoms with Crippen molar-refractivity contribution in [1.82, 2.24) is 43.0 Å². The van der Waals surface area contributed by atoms with Crippen LogP contribution in [0.5, 0.6) is 46.0 Å². The number of phenolic OH excluding ortho intramolecular Hbond substituents is 8. The van der Waals surface area contributed by atoms with E-state index >= 15 is 0 Å². The number of hydrogen-bond donors (Lipinski definition) is 16. The molecule has 544 valence electrons. The summed E-state index contributed by atoms with van der Waals surface area (Å²) in [4.78, 5) is 104. The number of fused-ring (bicyclic) bond motifs is 8. The van der Waals surface area contributed by atoms with Crippen LogP contribution in [0.15, 0.2) is 44.7 Å². The van der Waals surface area contributed by atoms with Crippen LogP contribution in [-0.2, 0) is 38.4 Å². The van der Waals surface area contributed by atoms with Gasteiger partial charge in [0.1, 0.15) is 70.2 Å². The van der Waals surface area contributed by atoms with Crippen LogP contribution in [0.4, 0.5) is 0 Å². The molecule has 0 fully saturated rings. The Morgan fingerprint density at radius 3 is 0.540 bits per heavy atom. The van der Waals surface area contributed by atoms with Gasteiger partial charge in [-0.1, -0.05) is 111 Å². The third-order valence-corrected chi connectivity index (χ3v) is 17.5. The van der Waals surface area contributed by atoms with Crippen molar-refractivity contribution in [1.29, 1.82) is 0 Å². The molecule has 8 amide bonds. The van der Waals surface area contributed by atoms with E-state index < -0.39 is 211 Å². The zero-order valence-corrected chi connectivity index (χ0v) is 60.5. The smallest absolute Gasteiger partial charge is 0.262 e. The lowest BCUT2D eigenvalue weighted by molar-refractivity contribution is -0.129. The largest absolute Gasteiger partial charge is 0.507 e. The molecule has 5 rings (SSSR count). The summed E-state index contributed by atoms with van der Waals surface area (Å²) >= 11 is 0. The zero-order chi connectivity index (χ0) is 75.5. The van der Waals surface area contributed by atoms with Crippen molar-refractivity contribution in [2.45, 2.75) is 186 Å². The predicted octanol–water partition coefficient (Wildman–Crippen LogP) is 7.24. The van der Waals surface area contributed by atoms with Crippen LogP contribution < -0.4 is 43.0 Å². The van der Waals surface area contributed by atoms with Crippen molar-refractivity contribution in [3.05, 3.63) is 91.0 Å². The molecule has 28 nitrogen and oxygen atoms in total. The van der Waals surface area contributed by atoms with Gasteiger partial charge in [0.05, 0.1) is 47.1 Å². The fraction of sp³-hybridized carbons (Fsp3) is 0.500. The van der Waals surface area contributed by atoms with E-state index in [2.05, 4.69) is 63.4 Å². The Hall–Kier alpha value is -10.3. The van der Waals surface area contributed by atoms with Gasteiger partial charge in [-0.3, -0.25) is 38.4 Å². The molecule has 0 saturated carbocycles. The first-order valence-electron chi connectivity index (χ1n) is 33.3. The molecule has 16 N–H and O–H groups in total. The first-order valence-corrected chi connectivity index (χ1v) is 33.3. The molecule has 0 aromatic heterocycles. The highest BCUT2D eigenvalue weighted by molar-refractivity contribution is 5.97. The second kappa shape index (κ2) is 34.0. The number of rotatable bonds is 24. The minimum Gasteiger partial charge on any atom is -0.507 e. The van der Waals surface area contributed by atoms with Gasteiger partial charge in [-0.05, 0) is 71.6 Å². The Bertz CT molecular complexity index is 3280. The maximum Gasteiger partial charge on any atom is 0.262 e. The van der Waals surface area contributed by atoms with Crippen molar-refractivity contribution in [3.63, 3.8) is 0 Å². The number of aromatic hydroxyl groups is 8. The van der Waals surface area contributed by atoms with E-state index in [1.807, 2.05) is 0 Å². The zero-order valence-electron chi connectivity index (χ0n) is 60.5. The third-order valence-electron chi connectivity index (χ3n) is 17.5. The predicted molar refractivity (Wildman–Crippen MR) is 379 cm³/mol. The van der Waals surface area contributed by atoms with Crippen LogP contribution in [0.2, 0.25) is 0 Å². The van der Waals surface area contributed by atoms with Crippen molar-refractivity contribution in [3.8, 4) is 46.0 Å². The second-order valence-electron chi connectivity index (χ2n) is 28.2. The number of carbonyl (C=O) groups excluding carboxylic acids is 8. The average molecular weight is 1390 g/mol. The van der Waals surface area contributed by atoms with Crippen molar-refractivity contribution in [2.24, 2.45) is 67.7 Å². The van der Waals surface area contributed by atoms with Crippen LogP contribution in [0.1, 0.15) is 229 Å². The van der Waals surface area contributed by atoms with E-state index in [9.17, 15) is 79.2 Å². The Labute approximate surface area is 583 Å². The average Bonchev–Trinajstić information content (AvgIpc) is 0.735. The van der Waals surface area contributed by atoms with Crippen molar-refractivity contribution in [2.75, 3.05) is 0 Å². The molecule has 0 spiro atoms. The molecule has 4 atom stereocenters. The maximum absolute atomic E-state index is 13.7. The van der Waals surface area contributed by atoms with E-state index in [1.54, 1.807) is 111 Å². The van der Waals surface area contributed by atoms with Crippen LogP contribution >= 0.6 is 0 Å². The molecule has 4 aromatic carbocycles. The molecule has 8 bridgehead atoms. The normalized spacial score (nSPS) is 16.8.